The summed E-state index contributed by atoms with van der Waals surface area (Å²) in [6.07, 6.45) is 4.55. The first kappa shape index (κ1) is 18.1. The van der Waals surface area contributed by atoms with Crippen molar-refractivity contribution in [1.82, 2.24) is 14.3 Å². The van der Waals surface area contributed by atoms with Gasteiger partial charge in [0, 0.05) is 37.4 Å². The summed E-state index contributed by atoms with van der Waals surface area (Å²) in [5.41, 5.74) is 2.42. The standard InChI is InChI=1S/C17H21ClN4O2S/c1-21(2)17-19-11-14(12-6-4-7-13(18)10-12)16(20-17)15-8-5-9-22(15)25(3,23)24/h4,6-7,10-11,15H,5,8-9H2,1-3H3/t15-/m0/s1. The summed E-state index contributed by atoms with van der Waals surface area (Å²) in [5, 5.41) is 0.617. The van der Waals surface area contributed by atoms with Crippen molar-refractivity contribution in [3.63, 3.8) is 0 Å². The molecule has 8 heteroatoms. The van der Waals surface area contributed by atoms with Gasteiger partial charge in [0.1, 0.15) is 0 Å². The molecule has 2 aromatic rings. The van der Waals surface area contributed by atoms with Crippen molar-refractivity contribution in [3.8, 4) is 11.1 Å². The zero-order valence-electron chi connectivity index (χ0n) is 14.5. The molecule has 6 nitrogen and oxygen atoms in total. The van der Waals surface area contributed by atoms with E-state index < -0.39 is 10.0 Å². The largest absolute Gasteiger partial charge is 0.347 e. The van der Waals surface area contributed by atoms with Gasteiger partial charge in [-0.25, -0.2) is 18.4 Å². The lowest BCUT2D eigenvalue weighted by Gasteiger charge is -2.24. The molecule has 0 spiro atoms. The number of sulfonamides is 1. The van der Waals surface area contributed by atoms with Crippen molar-refractivity contribution in [2.45, 2.75) is 18.9 Å². The van der Waals surface area contributed by atoms with Crippen LogP contribution in [0.15, 0.2) is 30.5 Å². The monoisotopic (exact) mass is 380 g/mol. The fourth-order valence-electron chi connectivity index (χ4n) is 3.14. The van der Waals surface area contributed by atoms with Crippen molar-refractivity contribution in [3.05, 3.63) is 41.2 Å². The third kappa shape index (κ3) is 3.78. The molecule has 0 bridgehead atoms. The predicted molar refractivity (Wildman–Crippen MR) is 100 cm³/mol. The Morgan fingerprint density at radius 3 is 2.72 bits per heavy atom. The molecule has 3 rings (SSSR count). The molecule has 0 N–H and O–H groups in total. The molecular formula is C17H21ClN4O2S. The maximum absolute atomic E-state index is 12.2. The fraction of sp³-hybridized carbons (Fsp3) is 0.412. The minimum atomic E-state index is -3.31. The molecule has 1 fully saturated rings. The maximum atomic E-state index is 12.2. The van der Waals surface area contributed by atoms with E-state index in [1.165, 1.54) is 10.6 Å². The van der Waals surface area contributed by atoms with Gasteiger partial charge < -0.3 is 4.90 Å². The first-order valence-electron chi connectivity index (χ1n) is 8.04. The van der Waals surface area contributed by atoms with Crippen LogP contribution in [0.2, 0.25) is 5.02 Å². The topological polar surface area (TPSA) is 66.4 Å². The number of halogens is 1. The second kappa shape index (κ2) is 6.90. The van der Waals surface area contributed by atoms with Crippen LogP contribution in [0.3, 0.4) is 0 Å². The lowest BCUT2D eigenvalue weighted by atomic mass is 10.0. The van der Waals surface area contributed by atoms with Crippen LogP contribution in [0.5, 0.6) is 0 Å². The van der Waals surface area contributed by atoms with Crippen molar-refractivity contribution in [2.75, 3.05) is 31.8 Å². The lowest BCUT2D eigenvalue weighted by molar-refractivity contribution is 0.394. The SMILES string of the molecule is CN(C)c1ncc(-c2cccc(Cl)c2)c([C@@H]2CCCN2S(C)(=O)=O)n1. The van der Waals surface area contributed by atoms with Crippen molar-refractivity contribution in [1.29, 1.82) is 0 Å². The summed E-state index contributed by atoms with van der Waals surface area (Å²) in [5.74, 6) is 0.557. The van der Waals surface area contributed by atoms with E-state index in [0.29, 0.717) is 17.5 Å². The van der Waals surface area contributed by atoms with Gasteiger partial charge in [0.25, 0.3) is 0 Å². The number of nitrogens with zero attached hydrogens (tertiary/aromatic N) is 4. The van der Waals surface area contributed by atoms with E-state index in [1.807, 2.05) is 37.2 Å². The average molecular weight is 381 g/mol. The minimum Gasteiger partial charge on any atom is -0.347 e. The molecule has 1 aromatic carbocycles. The quantitative estimate of drug-likeness (QED) is 0.815. The van der Waals surface area contributed by atoms with Gasteiger partial charge in [-0.1, -0.05) is 23.7 Å². The predicted octanol–water partition coefficient (Wildman–Crippen LogP) is 2.96. The fourth-order valence-corrected chi connectivity index (χ4v) is 4.46. The van der Waals surface area contributed by atoms with E-state index in [9.17, 15) is 8.42 Å². The zero-order valence-corrected chi connectivity index (χ0v) is 16.0. The first-order chi connectivity index (χ1) is 11.8. The number of hydrogen-bond donors (Lipinski definition) is 0. The van der Waals surface area contributed by atoms with E-state index in [1.54, 1.807) is 12.3 Å². The Labute approximate surface area is 153 Å². The van der Waals surface area contributed by atoms with Gasteiger partial charge in [-0.05, 0) is 30.5 Å². The van der Waals surface area contributed by atoms with Gasteiger partial charge >= 0.3 is 0 Å². The molecule has 2 heterocycles. The minimum absolute atomic E-state index is 0.286. The van der Waals surface area contributed by atoms with Crippen LogP contribution < -0.4 is 4.90 Å². The summed E-state index contributed by atoms with van der Waals surface area (Å²) >= 11 is 6.13. The third-order valence-corrected chi connectivity index (χ3v) is 5.81. The highest BCUT2D eigenvalue weighted by Gasteiger charge is 2.35. The summed E-state index contributed by atoms with van der Waals surface area (Å²) in [4.78, 5) is 10.9. The Bertz CT molecular complexity index is 886. The Balaban J connectivity index is 2.17. The first-order valence-corrected chi connectivity index (χ1v) is 10.3. The maximum Gasteiger partial charge on any atom is 0.225 e. The lowest BCUT2D eigenvalue weighted by Crippen LogP contribution is -2.30. The van der Waals surface area contributed by atoms with Crippen molar-refractivity contribution in [2.24, 2.45) is 0 Å². The van der Waals surface area contributed by atoms with Crippen LogP contribution in [0, 0.1) is 0 Å². The molecule has 1 aliphatic heterocycles. The number of rotatable bonds is 4. The van der Waals surface area contributed by atoms with Crippen LogP contribution in [0.1, 0.15) is 24.6 Å². The van der Waals surface area contributed by atoms with Crippen LogP contribution in [0.4, 0.5) is 5.95 Å². The van der Waals surface area contributed by atoms with Gasteiger partial charge in [0.2, 0.25) is 16.0 Å². The molecule has 0 amide bonds. The van der Waals surface area contributed by atoms with Crippen LogP contribution >= 0.6 is 11.6 Å². The second-order valence-corrected chi connectivity index (χ2v) is 8.78. The number of hydrogen-bond acceptors (Lipinski definition) is 5. The highest BCUT2D eigenvalue weighted by atomic mass is 35.5. The summed E-state index contributed by atoms with van der Waals surface area (Å²) in [7, 11) is 0.418. The molecule has 1 aromatic heterocycles. The molecule has 1 saturated heterocycles. The Hall–Kier alpha value is -1.70. The van der Waals surface area contributed by atoms with Crippen LogP contribution in [-0.2, 0) is 10.0 Å². The third-order valence-electron chi connectivity index (χ3n) is 4.29. The second-order valence-electron chi connectivity index (χ2n) is 6.41. The van der Waals surface area contributed by atoms with Crippen molar-refractivity contribution >= 4 is 27.6 Å². The van der Waals surface area contributed by atoms with Gasteiger partial charge in [0.15, 0.2) is 0 Å². The molecule has 0 aliphatic carbocycles. The van der Waals surface area contributed by atoms with E-state index in [2.05, 4.69) is 9.97 Å². The Morgan fingerprint density at radius 2 is 2.08 bits per heavy atom. The zero-order chi connectivity index (χ0) is 18.2. The van der Waals surface area contributed by atoms with E-state index in [0.717, 1.165) is 29.7 Å². The van der Waals surface area contributed by atoms with Gasteiger partial charge in [-0.3, -0.25) is 0 Å². The molecule has 0 saturated carbocycles. The smallest absolute Gasteiger partial charge is 0.225 e. The number of anilines is 1. The van der Waals surface area contributed by atoms with Crippen molar-refractivity contribution < 1.29 is 8.42 Å². The van der Waals surface area contributed by atoms with Gasteiger partial charge in [0.05, 0.1) is 18.0 Å². The average Bonchev–Trinajstić information content (AvgIpc) is 3.04. The van der Waals surface area contributed by atoms with Crippen LogP contribution in [-0.4, -0.2) is 49.6 Å². The molecule has 1 aliphatic rings. The number of benzene rings is 1. The molecular weight excluding hydrogens is 360 g/mol. The highest BCUT2D eigenvalue weighted by molar-refractivity contribution is 7.88. The summed E-state index contributed by atoms with van der Waals surface area (Å²) in [6.45, 7) is 0.514. The van der Waals surface area contributed by atoms with E-state index in [-0.39, 0.29) is 6.04 Å². The molecule has 0 radical (unpaired) electrons. The van der Waals surface area contributed by atoms with Crippen LogP contribution in [0.25, 0.3) is 11.1 Å². The summed E-state index contributed by atoms with van der Waals surface area (Å²) < 4.78 is 25.9. The molecule has 1 atom stereocenters. The number of aromatic nitrogens is 2. The molecule has 25 heavy (non-hydrogen) atoms. The Kier molecular flexibility index (Phi) is 4.99. The normalized spacial score (nSPS) is 18.5. The van der Waals surface area contributed by atoms with Gasteiger partial charge in [-0.15, -0.1) is 0 Å². The Morgan fingerprint density at radius 1 is 1.32 bits per heavy atom. The van der Waals surface area contributed by atoms with E-state index >= 15 is 0 Å². The van der Waals surface area contributed by atoms with Gasteiger partial charge in [-0.2, -0.15) is 4.31 Å². The molecule has 0 unspecified atom stereocenters. The molecule has 134 valence electrons. The summed E-state index contributed by atoms with van der Waals surface area (Å²) in [6, 6.07) is 7.16. The van der Waals surface area contributed by atoms with E-state index in [4.69, 9.17) is 11.6 Å². The highest BCUT2D eigenvalue weighted by Crippen LogP contribution is 2.38.